The summed E-state index contributed by atoms with van der Waals surface area (Å²) in [6.45, 7) is 8.03. The second kappa shape index (κ2) is 12.2. The van der Waals surface area contributed by atoms with Gasteiger partial charge in [-0.25, -0.2) is 0 Å². The summed E-state index contributed by atoms with van der Waals surface area (Å²) in [5, 5.41) is 4.42. The van der Waals surface area contributed by atoms with Gasteiger partial charge in [-0.2, -0.15) is 0 Å². The SMILES string of the molecule is CC(C)(C)c1ccc2c(OCCSc3ccccc3)c3ccccc3c(OCCSc3ccccc3)c2c1. The standard InChI is InChI=1S/C34H34O2S2/c1-34(2,3)25-18-19-30-31(24-25)33(36-21-23-38-27-14-8-5-9-15-27)29-17-11-10-16-28(29)32(30)35-20-22-37-26-12-6-4-7-13-26/h4-19,24H,20-23H2,1-3H3. The fraction of sp³-hybridized carbons (Fsp3) is 0.235. The Morgan fingerprint density at radius 1 is 0.526 bits per heavy atom. The Kier molecular flexibility index (Phi) is 8.51. The van der Waals surface area contributed by atoms with E-state index in [-0.39, 0.29) is 5.41 Å². The van der Waals surface area contributed by atoms with Gasteiger partial charge >= 0.3 is 0 Å². The molecule has 5 aromatic carbocycles. The van der Waals surface area contributed by atoms with Gasteiger partial charge in [0.1, 0.15) is 11.5 Å². The Labute approximate surface area is 234 Å². The number of hydrogen-bond acceptors (Lipinski definition) is 4. The lowest BCUT2D eigenvalue weighted by atomic mass is 9.85. The summed E-state index contributed by atoms with van der Waals surface area (Å²) in [6, 6.07) is 36.2. The molecule has 0 aromatic heterocycles. The smallest absolute Gasteiger partial charge is 0.135 e. The molecule has 0 spiro atoms. The molecule has 5 aromatic rings. The first-order valence-corrected chi connectivity index (χ1v) is 15.1. The van der Waals surface area contributed by atoms with Crippen LogP contribution in [0.15, 0.2) is 113 Å². The summed E-state index contributed by atoms with van der Waals surface area (Å²) in [5.41, 5.74) is 1.32. The van der Waals surface area contributed by atoms with E-state index in [0.717, 1.165) is 44.5 Å². The maximum Gasteiger partial charge on any atom is 0.135 e. The van der Waals surface area contributed by atoms with Gasteiger partial charge < -0.3 is 9.47 Å². The van der Waals surface area contributed by atoms with Crippen molar-refractivity contribution < 1.29 is 9.47 Å². The molecule has 2 nitrogen and oxygen atoms in total. The monoisotopic (exact) mass is 538 g/mol. The lowest BCUT2D eigenvalue weighted by molar-refractivity contribution is 0.346. The predicted octanol–water partition coefficient (Wildman–Crippen LogP) is 9.63. The second-order valence-corrected chi connectivity index (χ2v) is 12.6. The van der Waals surface area contributed by atoms with Crippen molar-refractivity contribution in [3.63, 3.8) is 0 Å². The van der Waals surface area contributed by atoms with Crippen LogP contribution < -0.4 is 9.47 Å². The number of rotatable bonds is 10. The average molecular weight is 539 g/mol. The quantitative estimate of drug-likeness (QED) is 0.100. The molecule has 0 saturated heterocycles. The van der Waals surface area contributed by atoms with Crippen LogP contribution in [0.4, 0.5) is 0 Å². The Morgan fingerprint density at radius 3 is 1.47 bits per heavy atom. The van der Waals surface area contributed by atoms with E-state index in [9.17, 15) is 0 Å². The first-order valence-electron chi connectivity index (χ1n) is 13.1. The molecule has 38 heavy (non-hydrogen) atoms. The zero-order chi connectivity index (χ0) is 26.4. The van der Waals surface area contributed by atoms with Crippen LogP contribution in [0.3, 0.4) is 0 Å². The van der Waals surface area contributed by atoms with Gasteiger partial charge in [-0.3, -0.25) is 0 Å². The molecule has 0 heterocycles. The highest BCUT2D eigenvalue weighted by molar-refractivity contribution is 7.99. The molecule has 0 fully saturated rings. The normalized spacial score (nSPS) is 11.7. The third-order valence-electron chi connectivity index (χ3n) is 6.47. The van der Waals surface area contributed by atoms with Crippen molar-refractivity contribution in [3.8, 4) is 11.5 Å². The van der Waals surface area contributed by atoms with Crippen molar-refractivity contribution in [2.45, 2.75) is 36.0 Å². The molecule has 0 atom stereocenters. The molecule has 0 amide bonds. The summed E-state index contributed by atoms with van der Waals surface area (Å²) in [4.78, 5) is 2.52. The molecule has 194 valence electrons. The largest absolute Gasteiger partial charge is 0.491 e. The first kappa shape index (κ1) is 26.5. The van der Waals surface area contributed by atoms with Crippen molar-refractivity contribution in [2.24, 2.45) is 0 Å². The third-order valence-corrected chi connectivity index (χ3v) is 8.43. The molecule has 0 bridgehead atoms. The lowest BCUT2D eigenvalue weighted by Crippen LogP contribution is -2.11. The minimum absolute atomic E-state index is 0.0353. The fourth-order valence-electron chi connectivity index (χ4n) is 4.52. The zero-order valence-electron chi connectivity index (χ0n) is 22.3. The maximum absolute atomic E-state index is 6.58. The van der Waals surface area contributed by atoms with Crippen LogP contribution in [0.5, 0.6) is 11.5 Å². The molecule has 0 N–H and O–H groups in total. The van der Waals surface area contributed by atoms with Gasteiger partial charge in [-0.1, -0.05) is 93.6 Å². The average Bonchev–Trinajstić information content (AvgIpc) is 2.94. The number of fused-ring (bicyclic) bond motifs is 2. The van der Waals surface area contributed by atoms with Crippen LogP contribution in [0.2, 0.25) is 0 Å². The number of benzene rings is 5. The Morgan fingerprint density at radius 2 is 0.974 bits per heavy atom. The molecule has 5 rings (SSSR count). The summed E-state index contributed by atoms with van der Waals surface area (Å²) < 4.78 is 13.1. The Hall–Kier alpha value is -3.08. The highest BCUT2D eigenvalue weighted by Crippen LogP contribution is 2.44. The van der Waals surface area contributed by atoms with Crippen molar-refractivity contribution in [1.29, 1.82) is 0 Å². The zero-order valence-corrected chi connectivity index (χ0v) is 23.9. The van der Waals surface area contributed by atoms with E-state index >= 15 is 0 Å². The van der Waals surface area contributed by atoms with Gasteiger partial charge in [0.15, 0.2) is 0 Å². The van der Waals surface area contributed by atoms with Gasteiger partial charge in [0.05, 0.1) is 13.2 Å². The van der Waals surface area contributed by atoms with Gasteiger partial charge in [0, 0.05) is 42.8 Å². The van der Waals surface area contributed by atoms with Crippen molar-refractivity contribution in [2.75, 3.05) is 24.7 Å². The molecule has 0 saturated carbocycles. The van der Waals surface area contributed by atoms with Crippen LogP contribution in [0.25, 0.3) is 21.5 Å². The van der Waals surface area contributed by atoms with E-state index in [1.54, 1.807) is 0 Å². The lowest BCUT2D eigenvalue weighted by Gasteiger charge is -2.22. The Bertz CT molecular complexity index is 1490. The van der Waals surface area contributed by atoms with Crippen LogP contribution in [0.1, 0.15) is 26.3 Å². The second-order valence-electron chi connectivity index (χ2n) is 10.2. The van der Waals surface area contributed by atoms with Gasteiger partial charge in [-0.15, -0.1) is 23.5 Å². The van der Waals surface area contributed by atoms with Crippen LogP contribution in [-0.4, -0.2) is 24.7 Å². The molecular weight excluding hydrogens is 505 g/mol. The van der Waals surface area contributed by atoms with Crippen molar-refractivity contribution >= 4 is 45.1 Å². The van der Waals surface area contributed by atoms with Crippen molar-refractivity contribution in [1.82, 2.24) is 0 Å². The van der Waals surface area contributed by atoms with E-state index in [4.69, 9.17) is 9.47 Å². The van der Waals surface area contributed by atoms with E-state index in [2.05, 4.69) is 124 Å². The van der Waals surface area contributed by atoms with E-state index in [1.165, 1.54) is 15.4 Å². The van der Waals surface area contributed by atoms with Crippen LogP contribution in [-0.2, 0) is 5.41 Å². The Balaban J connectivity index is 1.46. The first-order chi connectivity index (χ1) is 18.5. The molecule has 0 aliphatic heterocycles. The summed E-state index contributed by atoms with van der Waals surface area (Å²) in [6.07, 6.45) is 0. The molecule has 0 aliphatic carbocycles. The van der Waals surface area contributed by atoms with Gasteiger partial charge in [0.2, 0.25) is 0 Å². The topological polar surface area (TPSA) is 18.5 Å². The minimum Gasteiger partial charge on any atom is -0.491 e. The van der Waals surface area contributed by atoms with E-state index < -0.39 is 0 Å². The van der Waals surface area contributed by atoms with Crippen LogP contribution >= 0.6 is 23.5 Å². The fourth-order valence-corrected chi connectivity index (χ4v) is 6.02. The van der Waals surface area contributed by atoms with E-state index in [0.29, 0.717) is 13.2 Å². The molecule has 0 unspecified atom stereocenters. The third kappa shape index (κ3) is 6.31. The summed E-state index contributed by atoms with van der Waals surface area (Å²) >= 11 is 3.64. The van der Waals surface area contributed by atoms with Gasteiger partial charge in [0.25, 0.3) is 0 Å². The number of thioether (sulfide) groups is 2. The highest BCUT2D eigenvalue weighted by atomic mass is 32.2. The molecule has 0 aliphatic rings. The molecule has 0 radical (unpaired) electrons. The van der Waals surface area contributed by atoms with Crippen LogP contribution in [0, 0.1) is 0 Å². The molecular formula is C34H34O2S2. The maximum atomic E-state index is 6.58. The summed E-state index contributed by atoms with van der Waals surface area (Å²) in [5.74, 6) is 3.65. The molecule has 4 heteroatoms. The highest BCUT2D eigenvalue weighted by Gasteiger charge is 2.20. The van der Waals surface area contributed by atoms with Crippen molar-refractivity contribution in [3.05, 3.63) is 109 Å². The summed E-state index contributed by atoms with van der Waals surface area (Å²) in [7, 11) is 0. The predicted molar refractivity (Wildman–Crippen MR) is 165 cm³/mol. The minimum atomic E-state index is 0.0353. The van der Waals surface area contributed by atoms with E-state index in [1.807, 2.05) is 23.5 Å². The number of hydrogen-bond donors (Lipinski definition) is 0. The van der Waals surface area contributed by atoms with Gasteiger partial charge in [-0.05, 0) is 41.3 Å². The number of ether oxygens (including phenoxy) is 2.